The van der Waals surface area contributed by atoms with Gasteiger partial charge in [0, 0.05) is 19.6 Å². The molecule has 0 fully saturated rings. The highest BCUT2D eigenvalue weighted by molar-refractivity contribution is 7.88. The Bertz CT molecular complexity index is 488. The standard InChI is InChI=1S/C12H20N2O3S/c1-10(8-13)14(2)18(15,16)9-11-5-4-6-12(7-11)17-3/h4-7,10H,8-9,13H2,1-3H3. The number of nitrogens with zero attached hydrogens (tertiary/aromatic N) is 1. The Morgan fingerprint density at radius 1 is 1.44 bits per heavy atom. The normalized spacial score (nSPS) is 13.6. The van der Waals surface area contributed by atoms with Gasteiger partial charge in [-0.1, -0.05) is 12.1 Å². The summed E-state index contributed by atoms with van der Waals surface area (Å²) in [5, 5.41) is 0. The number of nitrogens with two attached hydrogens (primary N) is 1. The second-order valence-electron chi connectivity index (χ2n) is 4.21. The van der Waals surface area contributed by atoms with Crippen LogP contribution in [0.2, 0.25) is 0 Å². The SMILES string of the molecule is COc1cccc(CS(=O)(=O)N(C)C(C)CN)c1. The van der Waals surface area contributed by atoms with Gasteiger partial charge in [0.2, 0.25) is 10.0 Å². The fourth-order valence-corrected chi connectivity index (χ4v) is 2.94. The molecule has 0 amide bonds. The minimum Gasteiger partial charge on any atom is -0.497 e. The van der Waals surface area contributed by atoms with Gasteiger partial charge in [-0.25, -0.2) is 12.7 Å². The van der Waals surface area contributed by atoms with Crippen LogP contribution in [0.3, 0.4) is 0 Å². The fourth-order valence-electron chi connectivity index (χ4n) is 1.50. The molecule has 0 aromatic heterocycles. The topological polar surface area (TPSA) is 72.6 Å². The van der Waals surface area contributed by atoms with Crippen molar-refractivity contribution in [2.75, 3.05) is 20.7 Å². The first-order valence-electron chi connectivity index (χ1n) is 5.69. The molecular weight excluding hydrogens is 252 g/mol. The number of hydrogen-bond acceptors (Lipinski definition) is 4. The average molecular weight is 272 g/mol. The van der Waals surface area contributed by atoms with Crippen LogP contribution in [0, 0.1) is 0 Å². The number of sulfonamides is 1. The van der Waals surface area contributed by atoms with Crippen LogP contribution in [0.4, 0.5) is 0 Å². The average Bonchev–Trinajstić information content (AvgIpc) is 2.36. The highest BCUT2D eigenvalue weighted by Gasteiger charge is 2.22. The molecule has 1 aromatic carbocycles. The van der Waals surface area contributed by atoms with Crippen LogP contribution >= 0.6 is 0 Å². The summed E-state index contributed by atoms with van der Waals surface area (Å²) in [5.41, 5.74) is 6.18. The van der Waals surface area contributed by atoms with Crippen molar-refractivity contribution in [3.8, 4) is 5.75 Å². The minimum atomic E-state index is -3.35. The zero-order chi connectivity index (χ0) is 13.8. The monoisotopic (exact) mass is 272 g/mol. The molecule has 102 valence electrons. The lowest BCUT2D eigenvalue weighted by atomic mass is 10.2. The second-order valence-corrected chi connectivity index (χ2v) is 6.24. The molecule has 1 atom stereocenters. The van der Waals surface area contributed by atoms with Crippen LogP contribution in [0.1, 0.15) is 12.5 Å². The maximum Gasteiger partial charge on any atom is 0.218 e. The molecule has 18 heavy (non-hydrogen) atoms. The largest absolute Gasteiger partial charge is 0.497 e. The first-order chi connectivity index (χ1) is 8.40. The third kappa shape index (κ3) is 3.69. The quantitative estimate of drug-likeness (QED) is 0.831. The van der Waals surface area contributed by atoms with E-state index in [4.69, 9.17) is 10.5 Å². The van der Waals surface area contributed by atoms with Crippen LogP contribution in [0.15, 0.2) is 24.3 Å². The number of rotatable bonds is 6. The van der Waals surface area contributed by atoms with Crippen molar-refractivity contribution in [1.82, 2.24) is 4.31 Å². The van der Waals surface area contributed by atoms with Gasteiger partial charge in [0.25, 0.3) is 0 Å². The summed E-state index contributed by atoms with van der Waals surface area (Å²) >= 11 is 0. The lowest BCUT2D eigenvalue weighted by Crippen LogP contribution is -2.40. The first kappa shape index (κ1) is 14.9. The van der Waals surface area contributed by atoms with Crippen LogP contribution in [-0.2, 0) is 15.8 Å². The van der Waals surface area contributed by atoms with E-state index in [0.717, 1.165) is 0 Å². The molecule has 0 bridgehead atoms. The number of benzene rings is 1. The van der Waals surface area contributed by atoms with Gasteiger partial charge in [-0.05, 0) is 24.6 Å². The Balaban J connectivity index is 2.88. The molecule has 0 saturated carbocycles. The molecule has 0 spiro atoms. The molecule has 0 aliphatic carbocycles. The van der Waals surface area contributed by atoms with E-state index in [1.165, 1.54) is 4.31 Å². The summed E-state index contributed by atoms with van der Waals surface area (Å²) in [6.45, 7) is 2.08. The van der Waals surface area contributed by atoms with Gasteiger partial charge in [-0.15, -0.1) is 0 Å². The highest BCUT2D eigenvalue weighted by atomic mass is 32.2. The molecule has 0 saturated heterocycles. The van der Waals surface area contributed by atoms with E-state index in [2.05, 4.69) is 0 Å². The van der Waals surface area contributed by atoms with Gasteiger partial charge in [0.1, 0.15) is 5.75 Å². The van der Waals surface area contributed by atoms with Crippen LogP contribution in [-0.4, -0.2) is 39.5 Å². The third-order valence-electron chi connectivity index (χ3n) is 2.88. The Morgan fingerprint density at radius 2 is 2.11 bits per heavy atom. The highest BCUT2D eigenvalue weighted by Crippen LogP contribution is 2.17. The maximum absolute atomic E-state index is 12.1. The molecule has 0 heterocycles. The lowest BCUT2D eigenvalue weighted by molar-refractivity contribution is 0.394. The maximum atomic E-state index is 12.1. The van der Waals surface area contributed by atoms with Crippen molar-refractivity contribution in [3.63, 3.8) is 0 Å². The summed E-state index contributed by atoms with van der Waals surface area (Å²) in [6, 6.07) is 6.83. The first-order valence-corrected chi connectivity index (χ1v) is 7.30. The molecular formula is C12H20N2O3S. The summed E-state index contributed by atoms with van der Waals surface area (Å²) in [6.07, 6.45) is 0. The van der Waals surface area contributed by atoms with Crippen molar-refractivity contribution in [2.24, 2.45) is 5.73 Å². The molecule has 1 aromatic rings. The number of ether oxygens (including phenoxy) is 1. The van der Waals surface area contributed by atoms with Crippen molar-refractivity contribution in [2.45, 2.75) is 18.7 Å². The van der Waals surface area contributed by atoms with Gasteiger partial charge >= 0.3 is 0 Å². The van der Waals surface area contributed by atoms with Gasteiger partial charge in [-0.2, -0.15) is 0 Å². The summed E-state index contributed by atoms with van der Waals surface area (Å²) in [4.78, 5) is 0. The van der Waals surface area contributed by atoms with Gasteiger partial charge in [-0.3, -0.25) is 0 Å². The third-order valence-corrected chi connectivity index (χ3v) is 4.82. The van der Waals surface area contributed by atoms with E-state index < -0.39 is 10.0 Å². The van der Waals surface area contributed by atoms with E-state index in [9.17, 15) is 8.42 Å². The van der Waals surface area contributed by atoms with Gasteiger partial charge in [0.15, 0.2) is 0 Å². The Morgan fingerprint density at radius 3 is 2.67 bits per heavy atom. The lowest BCUT2D eigenvalue weighted by Gasteiger charge is -2.23. The molecule has 0 aliphatic rings. The molecule has 0 radical (unpaired) electrons. The predicted molar refractivity (Wildman–Crippen MR) is 71.9 cm³/mol. The fraction of sp³-hybridized carbons (Fsp3) is 0.500. The number of likely N-dealkylation sites (N-methyl/N-ethyl adjacent to an activating group) is 1. The van der Waals surface area contributed by atoms with Crippen LogP contribution in [0.25, 0.3) is 0 Å². The van der Waals surface area contributed by atoms with Crippen LogP contribution in [0.5, 0.6) is 5.75 Å². The van der Waals surface area contributed by atoms with E-state index in [1.54, 1.807) is 45.3 Å². The van der Waals surface area contributed by atoms with E-state index in [-0.39, 0.29) is 11.8 Å². The molecule has 1 unspecified atom stereocenters. The molecule has 6 heteroatoms. The van der Waals surface area contributed by atoms with Crippen molar-refractivity contribution in [3.05, 3.63) is 29.8 Å². The van der Waals surface area contributed by atoms with E-state index in [0.29, 0.717) is 17.9 Å². The molecule has 1 rings (SSSR count). The zero-order valence-corrected chi connectivity index (χ0v) is 11.8. The summed E-state index contributed by atoms with van der Waals surface area (Å²) < 4.78 is 30.6. The van der Waals surface area contributed by atoms with E-state index >= 15 is 0 Å². The number of hydrogen-bond donors (Lipinski definition) is 1. The summed E-state index contributed by atoms with van der Waals surface area (Å²) in [7, 11) is -0.251. The zero-order valence-electron chi connectivity index (χ0n) is 11.0. The van der Waals surface area contributed by atoms with E-state index in [1.807, 2.05) is 0 Å². The Hall–Kier alpha value is -1.11. The Kier molecular flexibility index (Phi) is 5.13. The smallest absolute Gasteiger partial charge is 0.218 e. The predicted octanol–water partition coefficient (Wildman–Crippen LogP) is 0.804. The van der Waals surface area contributed by atoms with Crippen molar-refractivity contribution >= 4 is 10.0 Å². The minimum absolute atomic E-state index is 0.0506. The van der Waals surface area contributed by atoms with Crippen molar-refractivity contribution < 1.29 is 13.2 Å². The number of methoxy groups -OCH3 is 1. The molecule has 2 N–H and O–H groups in total. The Labute approximate surface area is 109 Å². The van der Waals surface area contributed by atoms with Gasteiger partial charge in [0.05, 0.1) is 12.9 Å². The summed E-state index contributed by atoms with van der Waals surface area (Å²) in [5.74, 6) is 0.600. The second kappa shape index (κ2) is 6.17. The van der Waals surface area contributed by atoms with Crippen molar-refractivity contribution in [1.29, 1.82) is 0 Å². The molecule has 0 aliphatic heterocycles. The molecule has 5 nitrogen and oxygen atoms in total. The van der Waals surface area contributed by atoms with Crippen LogP contribution < -0.4 is 10.5 Å². The van der Waals surface area contributed by atoms with Gasteiger partial charge < -0.3 is 10.5 Å².